The van der Waals surface area contributed by atoms with Crippen molar-refractivity contribution in [3.63, 3.8) is 0 Å². The smallest absolute Gasteiger partial charge is 0.182 e. The van der Waals surface area contributed by atoms with Crippen molar-refractivity contribution >= 4 is 0 Å². The molecule has 1 saturated carbocycles. The summed E-state index contributed by atoms with van der Waals surface area (Å²) in [5.74, 6) is 0.600. The van der Waals surface area contributed by atoms with Gasteiger partial charge in [-0.25, -0.2) is 4.68 Å². The first-order valence-electron chi connectivity index (χ1n) is 5.37. The third-order valence-corrected chi connectivity index (χ3v) is 3.12. The Kier molecular flexibility index (Phi) is 2.97. The van der Waals surface area contributed by atoms with Crippen molar-refractivity contribution in [2.45, 2.75) is 31.7 Å². The molecule has 80 valence electrons. The lowest BCUT2D eigenvalue weighted by Crippen LogP contribution is -2.17. The molecular formula is C10H15N5. The monoisotopic (exact) mass is 205 g/mol. The van der Waals surface area contributed by atoms with Crippen LogP contribution in [0.4, 0.5) is 0 Å². The van der Waals surface area contributed by atoms with E-state index in [1.165, 1.54) is 12.8 Å². The second-order valence-corrected chi connectivity index (χ2v) is 4.03. The Labute approximate surface area is 88.9 Å². The van der Waals surface area contributed by atoms with Crippen molar-refractivity contribution in [2.24, 2.45) is 11.7 Å². The lowest BCUT2D eigenvalue weighted by molar-refractivity contribution is 0.331. The highest BCUT2D eigenvalue weighted by molar-refractivity contribution is 5.13. The fraction of sp³-hybridized carbons (Fsp3) is 0.700. The average molecular weight is 205 g/mol. The van der Waals surface area contributed by atoms with Crippen molar-refractivity contribution in [3.8, 4) is 6.07 Å². The maximum atomic E-state index is 8.68. The molecule has 1 aliphatic carbocycles. The summed E-state index contributed by atoms with van der Waals surface area (Å²) in [6, 6.07) is 2.39. The zero-order valence-electron chi connectivity index (χ0n) is 8.63. The van der Waals surface area contributed by atoms with Gasteiger partial charge in [0.05, 0.1) is 12.2 Å². The van der Waals surface area contributed by atoms with Gasteiger partial charge in [-0.3, -0.25) is 0 Å². The van der Waals surface area contributed by atoms with E-state index in [1.807, 2.05) is 10.8 Å². The normalized spacial score (nSPS) is 25.3. The lowest BCUT2D eigenvalue weighted by atomic mass is 10.00. The molecule has 1 heterocycles. The second kappa shape index (κ2) is 4.41. The molecule has 0 aromatic carbocycles. The van der Waals surface area contributed by atoms with Gasteiger partial charge in [0, 0.05) is 0 Å². The molecule has 1 aromatic heterocycles. The number of nitrogens with two attached hydrogens (primary N) is 1. The van der Waals surface area contributed by atoms with E-state index in [4.69, 9.17) is 11.0 Å². The van der Waals surface area contributed by atoms with Gasteiger partial charge in [-0.2, -0.15) is 5.26 Å². The lowest BCUT2D eigenvalue weighted by Gasteiger charge is -2.18. The first kappa shape index (κ1) is 10.1. The minimum atomic E-state index is 0.392. The highest BCUT2D eigenvalue weighted by Crippen LogP contribution is 2.36. The quantitative estimate of drug-likeness (QED) is 0.792. The van der Waals surface area contributed by atoms with E-state index in [9.17, 15) is 0 Å². The molecule has 2 unspecified atom stereocenters. The molecule has 0 spiro atoms. The van der Waals surface area contributed by atoms with E-state index in [2.05, 4.69) is 10.3 Å². The minimum Gasteiger partial charge on any atom is -0.330 e. The highest BCUT2D eigenvalue weighted by Gasteiger charge is 2.28. The second-order valence-electron chi connectivity index (χ2n) is 4.03. The minimum absolute atomic E-state index is 0.392. The summed E-state index contributed by atoms with van der Waals surface area (Å²) < 4.78 is 1.84. The van der Waals surface area contributed by atoms with Crippen LogP contribution < -0.4 is 5.73 Å². The fourth-order valence-electron chi connectivity index (χ4n) is 2.41. The maximum absolute atomic E-state index is 8.68. The van der Waals surface area contributed by atoms with Crippen LogP contribution in [0.2, 0.25) is 0 Å². The van der Waals surface area contributed by atoms with E-state index in [0.29, 0.717) is 17.7 Å². The summed E-state index contributed by atoms with van der Waals surface area (Å²) in [5, 5.41) is 16.5. The third-order valence-electron chi connectivity index (χ3n) is 3.12. The molecule has 2 atom stereocenters. The number of aromatic nitrogens is 3. The Morgan fingerprint density at radius 2 is 2.47 bits per heavy atom. The van der Waals surface area contributed by atoms with Crippen LogP contribution in [0.3, 0.4) is 0 Å². The molecule has 0 aliphatic heterocycles. The summed E-state index contributed by atoms with van der Waals surface area (Å²) in [6.07, 6.45) is 6.32. The van der Waals surface area contributed by atoms with Crippen molar-refractivity contribution in [2.75, 3.05) is 6.54 Å². The predicted molar refractivity (Wildman–Crippen MR) is 54.8 cm³/mol. The molecule has 2 rings (SSSR count). The van der Waals surface area contributed by atoms with Crippen molar-refractivity contribution in [1.82, 2.24) is 15.0 Å². The van der Waals surface area contributed by atoms with Crippen molar-refractivity contribution in [1.29, 1.82) is 5.26 Å². The van der Waals surface area contributed by atoms with Crippen molar-refractivity contribution in [3.05, 3.63) is 11.9 Å². The standard InChI is InChI=1S/C10H15N5/c11-5-4-8-2-1-3-10(8)15-7-9(6-12)13-14-15/h7-8,10H,1-5,11H2. The highest BCUT2D eigenvalue weighted by atomic mass is 15.4. The summed E-state index contributed by atoms with van der Waals surface area (Å²) in [6.45, 7) is 0.723. The van der Waals surface area contributed by atoms with Crippen LogP contribution in [-0.4, -0.2) is 21.5 Å². The van der Waals surface area contributed by atoms with Gasteiger partial charge in [0.15, 0.2) is 5.69 Å². The van der Waals surface area contributed by atoms with E-state index in [-0.39, 0.29) is 0 Å². The predicted octanol–water partition coefficient (Wildman–Crippen LogP) is 0.840. The van der Waals surface area contributed by atoms with E-state index in [0.717, 1.165) is 19.4 Å². The van der Waals surface area contributed by atoms with Crippen LogP contribution in [0.15, 0.2) is 6.20 Å². The molecule has 0 bridgehead atoms. The number of nitrogens with zero attached hydrogens (tertiary/aromatic N) is 4. The molecule has 0 saturated heterocycles. The Hall–Kier alpha value is -1.41. The first-order valence-corrected chi connectivity index (χ1v) is 5.37. The van der Waals surface area contributed by atoms with Crippen molar-refractivity contribution < 1.29 is 0 Å². The Morgan fingerprint density at radius 3 is 3.13 bits per heavy atom. The molecule has 0 amide bonds. The number of nitriles is 1. The number of hydrogen-bond acceptors (Lipinski definition) is 4. The van der Waals surface area contributed by atoms with Crippen LogP contribution in [-0.2, 0) is 0 Å². The van der Waals surface area contributed by atoms with Gasteiger partial charge < -0.3 is 5.73 Å². The van der Waals surface area contributed by atoms with E-state index < -0.39 is 0 Å². The summed E-state index contributed by atoms with van der Waals surface area (Å²) in [5.41, 5.74) is 5.98. The molecule has 1 fully saturated rings. The van der Waals surface area contributed by atoms with Crippen LogP contribution in [0.25, 0.3) is 0 Å². The van der Waals surface area contributed by atoms with Gasteiger partial charge in [-0.1, -0.05) is 11.6 Å². The summed E-state index contributed by atoms with van der Waals surface area (Å²) in [4.78, 5) is 0. The maximum Gasteiger partial charge on any atom is 0.182 e. The molecule has 0 radical (unpaired) electrons. The van der Waals surface area contributed by atoms with Gasteiger partial charge in [0.25, 0.3) is 0 Å². The first-order chi connectivity index (χ1) is 7.35. The number of hydrogen-bond donors (Lipinski definition) is 1. The van der Waals surface area contributed by atoms with Gasteiger partial charge >= 0.3 is 0 Å². The molecule has 15 heavy (non-hydrogen) atoms. The van der Waals surface area contributed by atoms with Gasteiger partial charge in [0.1, 0.15) is 6.07 Å². The molecule has 1 aliphatic rings. The Bertz CT molecular complexity index is 364. The van der Waals surface area contributed by atoms with Gasteiger partial charge in [0.2, 0.25) is 0 Å². The summed E-state index contributed by atoms with van der Waals surface area (Å²) in [7, 11) is 0. The zero-order chi connectivity index (χ0) is 10.7. The number of rotatable bonds is 3. The SMILES string of the molecule is N#Cc1cn(C2CCCC2CCN)nn1. The third kappa shape index (κ3) is 2.00. The largest absolute Gasteiger partial charge is 0.330 e. The zero-order valence-corrected chi connectivity index (χ0v) is 8.63. The molecular weight excluding hydrogens is 190 g/mol. The van der Waals surface area contributed by atoms with E-state index in [1.54, 1.807) is 6.20 Å². The molecule has 5 nitrogen and oxygen atoms in total. The van der Waals surface area contributed by atoms with E-state index >= 15 is 0 Å². The van der Waals surface area contributed by atoms with Gasteiger partial charge in [-0.15, -0.1) is 5.10 Å². The molecule has 1 aromatic rings. The Balaban J connectivity index is 2.12. The topological polar surface area (TPSA) is 80.5 Å². The van der Waals surface area contributed by atoms with Crippen LogP contribution in [0.1, 0.15) is 37.4 Å². The molecule has 2 N–H and O–H groups in total. The summed E-state index contributed by atoms with van der Waals surface area (Å²) >= 11 is 0. The van der Waals surface area contributed by atoms with Crippen LogP contribution in [0.5, 0.6) is 0 Å². The fourth-order valence-corrected chi connectivity index (χ4v) is 2.41. The van der Waals surface area contributed by atoms with Gasteiger partial charge in [-0.05, 0) is 31.7 Å². The molecule has 5 heteroatoms. The van der Waals surface area contributed by atoms with Crippen LogP contribution >= 0.6 is 0 Å². The Morgan fingerprint density at radius 1 is 1.60 bits per heavy atom. The average Bonchev–Trinajstić information content (AvgIpc) is 2.85. The van der Waals surface area contributed by atoms with Crippen LogP contribution in [0, 0.1) is 17.2 Å².